The van der Waals surface area contributed by atoms with Crippen molar-refractivity contribution in [3.63, 3.8) is 0 Å². The SMILES string of the molecule is Cc1ccc(Cl)cc1-c1ccc(/C=N\N2C(=O)[C@@H]3[C@H]4C=C[C@@H]([C@@H]5C[C@@H]45)[C@@H]3C2=O)o1. The van der Waals surface area contributed by atoms with Gasteiger partial charge in [0.15, 0.2) is 0 Å². The monoisotopic (exact) mass is 406 g/mol. The minimum Gasteiger partial charge on any atom is -0.455 e. The molecule has 4 aliphatic carbocycles. The average Bonchev–Trinajstić information content (AvgIpc) is 3.36. The van der Waals surface area contributed by atoms with Crippen molar-refractivity contribution in [2.45, 2.75) is 13.3 Å². The molecular weight excluding hydrogens is 388 g/mol. The second-order valence-corrected chi connectivity index (χ2v) is 8.99. The van der Waals surface area contributed by atoms with Crippen molar-refractivity contribution in [1.29, 1.82) is 0 Å². The van der Waals surface area contributed by atoms with E-state index in [1.165, 1.54) is 6.21 Å². The number of hydrogen-bond donors (Lipinski definition) is 0. The van der Waals surface area contributed by atoms with Gasteiger partial charge in [-0.2, -0.15) is 10.1 Å². The molecule has 2 heterocycles. The molecule has 0 unspecified atom stereocenters. The maximum atomic E-state index is 12.9. The number of hydrogen-bond acceptors (Lipinski definition) is 4. The highest BCUT2D eigenvalue weighted by molar-refractivity contribution is 6.30. The zero-order chi connectivity index (χ0) is 19.9. The second kappa shape index (κ2) is 5.92. The second-order valence-electron chi connectivity index (χ2n) is 8.55. The number of amides is 2. The van der Waals surface area contributed by atoms with E-state index >= 15 is 0 Å². The zero-order valence-electron chi connectivity index (χ0n) is 15.8. The highest BCUT2D eigenvalue weighted by Crippen LogP contribution is 2.65. The van der Waals surface area contributed by atoms with Gasteiger partial charge in [0.2, 0.25) is 0 Å². The van der Waals surface area contributed by atoms with E-state index in [1.54, 1.807) is 6.07 Å². The maximum absolute atomic E-state index is 12.9. The maximum Gasteiger partial charge on any atom is 0.254 e. The van der Waals surface area contributed by atoms with Crippen molar-refractivity contribution in [3.05, 3.63) is 58.8 Å². The van der Waals surface area contributed by atoms with Gasteiger partial charge >= 0.3 is 0 Å². The standard InChI is InChI=1S/C23H19ClN2O3/c1-11-2-3-12(24)8-16(11)19-7-4-13(29-19)10-25-26-22(27)20-14-5-6-15(18-9-17(14)18)21(20)23(26)28/h2-8,10,14-15,17-18,20-21H,9H2,1H3/b25-10-/t14-,15-,17-,18-,20-,21+/m0/s1. The Kier molecular flexibility index (Phi) is 3.52. The molecule has 0 radical (unpaired) electrons. The number of furan rings is 1. The molecule has 2 aromatic rings. The van der Waals surface area contributed by atoms with Gasteiger partial charge in [0.1, 0.15) is 11.5 Å². The predicted molar refractivity (Wildman–Crippen MR) is 108 cm³/mol. The number of hydrazone groups is 1. The van der Waals surface area contributed by atoms with E-state index in [1.807, 2.05) is 31.2 Å². The van der Waals surface area contributed by atoms with Crippen molar-refractivity contribution in [2.75, 3.05) is 0 Å². The Labute approximate surface area is 173 Å². The number of imide groups is 1. The highest BCUT2D eigenvalue weighted by Gasteiger charge is 2.67. The lowest BCUT2D eigenvalue weighted by molar-refractivity contribution is -0.140. The van der Waals surface area contributed by atoms with E-state index in [9.17, 15) is 9.59 Å². The molecule has 2 amide bonds. The van der Waals surface area contributed by atoms with E-state index in [2.05, 4.69) is 17.3 Å². The van der Waals surface area contributed by atoms with E-state index in [0.717, 1.165) is 22.6 Å². The quantitative estimate of drug-likeness (QED) is 0.434. The third kappa shape index (κ3) is 2.43. The third-order valence-electron chi connectivity index (χ3n) is 7.03. The van der Waals surface area contributed by atoms with Crippen molar-refractivity contribution < 1.29 is 14.0 Å². The summed E-state index contributed by atoms with van der Waals surface area (Å²) in [7, 11) is 0. The Balaban J connectivity index is 1.26. The van der Waals surface area contributed by atoms with E-state index < -0.39 is 0 Å². The Hall–Kier alpha value is -2.66. The summed E-state index contributed by atoms with van der Waals surface area (Å²) < 4.78 is 5.86. The minimum atomic E-state index is -0.236. The van der Waals surface area contributed by atoms with Gasteiger partial charge in [-0.1, -0.05) is 29.8 Å². The van der Waals surface area contributed by atoms with Crippen LogP contribution in [0.25, 0.3) is 11.3 Å². The fourth-order valence-electron chi connectivity index (χ4n) is 5.60. The number of rotatable bonds is 3. The number of aryl methyl sites for hydroxylation is 1. The van der Waals surface area contributed by atoms with Crippen molar-refractivity contribution in [1.82, 2.24) is 5.01 Å². The van der Waals surface area contributed by atoms with Crippen LogP contribution in [0, 0.1) is 42.4 Å². The van der Waals surface area contributed by atoms with Gasteiger partial charge in [0, 0.05) is 10.6 Å². The van der Waals surface area contributed by atoms with Crippen LogP contribution in [-0.4, -0.2) is 23.0 Å². The highest BCUT2D eigenvalue weighted by atomic mass is 35.5. The van der Waals surface area contributed by atoms with Crippen LogP contribution in [-0.2, 0) is 9.59 Å². The summed E-state index contributed by atoms with van der Waals surface area (Å²) in [6, 6.07) is 9.23. The lowest BCUT2D eigenvalue weighted by Crippen LogP contribution is -2.40. The lowest BCUT2D eigenvalue weighted by Gasteiger charge is -2.37. The molecule has 1 aliphatic heterocycles. The first-order chi connectivity index (χ1) is 14.0. The number of benzene rings is 1. The van der Waals surface area contributed by atoms with Gasteiger partial charge in [0.25, 0.3) is 11.8 Å². The molecule has 1 saturated heterocycles. The van der Waals surface area contributed by atoms with Crippen LogP contribution in [0.4, 0.5) is 0 Å². The number of carbonyl (C=O) groups excluding carboxylic acids is 2. The molecule has 6 heteroatoms. The molecule has 3 fully saturated rings. The van der Waals surface area contributed by atoms with Gasteiger partial charge in [-0.3, -0.25) is 9.59 Å². The average molecular weight is 407 g/mol. The third-order valence-corrected chi connectivity index (χ3v) is 7.27. The summed E-state index contributed by atoms with van der Waals surface area (Å²) in [4.78, 5) is 25.9. The number of carbonyl (C=O) groups is 2. The molecule has 5 aliphatic rings. The van der Waals surface area contributed by atoms with Crippen LogP contribution in [0.2, 0.25) is 5.02 Å². The largest absolute Gasteiger partial charge is 0.455 e. The molecule has 1 aromatic carbocycles. The first-order valence-corrected chi connectivity index (χ1v) is 10.4. The Morgan fingerprint density at radius 1 is 1.07 bits per heavy atom. The van der Waals surface area contributed by atoms with E-state index in [4.69, 9.17) is 16.0 Å². The van der Waals surface area contributed by atoms with E-state index in [-0.39, 0.29) is 35.5 Å². The Morgan fingerprint density at radius 3 is 2.45 bits per heavy atom. The minimum absolute atomic E-state index is 0.168. The van der Waals surface area contributed by atoms with Crippen LogP contribution >= 0.6 is 11.6 Å². The molecule has 2 bridgehead atoms. The number of halogens is 1. The molecule has 1 aromatic heterocycles. The molecule has 5 nitrogen and oxygen atoms in total. The molecule has 2 saturated carbocycles. The van der Waals surface area contributed by atoms with Gasteiger partial charge in [-0.25, -0.2) is 0 Å². The summed E-state index contributed by atoms with van der Waals surface area (Å²) in [5.74, 6) is 1.91. The van der Waals surface area contributed by atoms with Gasteiger partial charge < -0.3 is 4.42 Å². The first-order valence-electron chi connectivity index (χ1n) is 9.99. The normalized spacial score (nSPS) is 34.2. The Morgan fingerprint density at radius 2 is 1.76 bits per heavy atom. The van der Waals surface area contributed by atoms with Crippen molar-refractivity contribution in [2.24, 2.45) is 40.6 Å². The number of nitrogens with zero attached hydrogens (tertiary/aromatic N) is 2. The fraction of sp³-hybridized carbons (Fsp3) is 0.348. The summed E-state index contributed by atoms with van der Waals surface area (Å²) >= 11 is 6.10. The summed E-state index contributed by atoms with van der Waals surface area (Å²) in [6.07, 6.45) is 6.92. The van der Waals surface area contributed by atoms with Crippen molar-refractivity contribution in [3.8, 4) is 11.3 Å². The molecular formula is C23H19ClN2O3. The first kappa shape index (κ1) is 17.2. The van der Waals surface area contributed by atoms with Gasteiger partial charge in [-0.15, -0.1) is 0 Å². The van der Waals surface area contributed by atoms with Crippen LogP contribution < -0.4 is 0 Å². The van der Waals surface area contributed by atoms with Crippen LogP contribution in [0.1, 0.15) is 17.7 Å². The molecule has 0 spiro atoms. The Bertz CT molecular complexity index is 1080. The van der Waals surface area contributed by atoms with Crippen LogP contribution in [0.5, 0.6) is 0 Å². The topological polar surface area (TPSA) is 62.9 Å². The molecule has 7 rings (SSSR count). The molecule has 6 atom stereocenters. The van der Waals surface area contributed by atoms with Gasteiger partial charge in [-0.05, 0) is 66.8 Å². The fourth-order valence-corrected chi connectivity index (χ4v) is 5.77. The zero-order valence-corrected chi connectivity index (χ0v) is 16.5. The lowest BCUT2D eigenvalue weighted by atomic mass is 9.63. The van der Waals surface area contributed by atoms with Crippen molar-refractivity contribution >= 4 is 29.6 Å². The van der Waals surface area contributed by atoms with Crippen LogP contribution in [0.15, 0.2) is 52.0 Å². The van der Waals surface area contributed by atoms with E-state index in [0.29, 0.717) is 28.4 Å². The molecule has 0 N–H and O–H groups in total. The number of allylic oxidation sites excluding steroid dienone is 2. The summed E-state index contributed by atoms with van der Waals surface area (Å²) in [6.45, 7) is 1.98. The van der Waals surface area contributed by atoms with Crippen LogP contribution in [0.3, 0.4) is 0 Å². The molecule has 146 valence electrons. The van der Waals surface area contributed by atoms with Gasteiger partial charge in [0.05, 0.1) is 18.1 Å². The smallest absolute Gasteiger partial charge is 0.254 e. The molecule has 29 heavy (non-hydrogen) atoms. The predicted octanol–water partition coefficient (Wildman–Crippen LogP) is 4.30. The summed E-state index contributed by atoms with van der Waals surface area (Å²) in [5.41, 5.74) is 1.95. The summed E-state index contributed by atoms with van der Waals surface area (Å²) in [5, 5.41) is 5.93.